The van der Waals surface area contributed by atoms with Crippen molar-refractivity contribution in [2.45, 2.75) is 0 Å². The molecule has 0 saturated carbocycles. The first-order valence-corrected chi connectivity index (χ1v) is 5.98. The second-order valence-corrected chi connectivity index (χ2v) is 4.69. The molecule has 4 aliphatic rings. The number of fused-ring (bicyclic) bond motifs is 1. The third kappa shape index (κ3) is 0.980. The Balaban J connectivity index is 2.05. The number of hydrogen-bond acceptors (Lipinski definition) is 0. The van der Waals surface area contributed by atoms with E-state index in [1.54, 1.807) is 0 Å². The zero-order valence-corrected chi connectivity index (χ0v) is 9.43. The minimum Gasteiger partial charge on any atom is -0.0652 e. The van der Waals surface area contributed by atoms with Crippen LogP contribution in [0.1, 0.15) is 0 Å². The van der Waals surface area contributed by atoms with Gasteiger partial charge in [0.15, 0.2) is 0 Å². The van der Waals surface area contributed by atoms with E-state index >= 15 is 0 Å². The number of allylic oxidation sites excluding steroid dienone is 16. The third-order valence-electron chi connectivity index (χ3n) is 3.91. The molecule has 4 rings (SSSR count). The molecular formula is C17H12. The van der Waals surface area contributed by atoms with E-state index in [2.05, 4.69) is 72.9 Å². The second kappa shape index (κ2) is 2.98. The highest BCUT2D eigenvalue weighted by Crippen LogP contribution is 2.55. The van der Waals surface area contributed by atoms with Gasteiger partial charge in [-0.15, -0.1) is 0 Å². The van der Waals surface area contributed by atoms with Crippen LogP contribution in [0.3, 0.4) is 0 Å². The molecule has 0 aromatic rings. The third-order valence-corrected chi connectivity index (χ3v) is 3.91. The van der Waals surface area contributed by atoms with Crippen molar-refractivity contribution in [2.24, 2.45) is 5.41 Å². The van der Waals surface area contributed by atoms with Gasteiger partial charge in [-0.3, -0.25) is 0 Å². The van der Waals surface area contributed by atoms with Crippen molar-refractivity contribution in [3.8, 4) is 0 Å². The molecule has 0 fully saturated rings. The molecule has 0 aromatic carbocycles. The molecule has 0 bridgehead atoms. The SMILES string of the molecule is C1=CC=C2C=CC3=CC=C4C=CC=C4C23C=C1. The Hall–Kier alpha value is -2.08. The summed E-state index contributed by atoms with van der Waals surface area (Å²) in [6, 6.07) is 0. The molecule has 0 heteroatoms. The van der Waals surface area contributed by atoms with E-state index in [-0.39, 0.29) is 5.41 Å². The van der Waals surface area contributed by atoms with Crippen LogP contribution >= 0.6 is 0 Å². The van der Waals surface area contributed by atoms with Crippen molar-refractivity contribution in [3.63, 3.8) is 0 Å². The zero-order chi connectivity index (χ0) is 11.3. The summed E-state index contributed by atoms with van der Waals surface area (Å²) in [4.78, 5) is 0. The van der Waals surface area contributed by atoms with Gasteiger partial charge in [0.05, 0.1) is 5.41 Å². The molecule has 4 aliphatic carbocycles. The molecule has 0 heterocycles. The van der Waals surface area contributed by atoms with Gasteiger partial charge in [0.1, 0.15) is 0 Å². The van der Waals surface area contributed by atoms with Gasteiger partial charge in [0.25, 0.3) is 0 Å². The van der Waals surface area contributed by atoms with Gasteiger partial charge in [-0.2, -0.15) is 0 Å². The zero-order valence-electron chi connectivity index (χ0n) is 9.43. The molecule has 0 nitrogen and oxygen atoms in total. The standard InChI is InChI=1S/C17H12/c1-2-6-14-10-11-15-9-8-13-5-4-7-16(13)17(14,15)12-3-1/h1-12H. The summed E-state index contributed by atoms with van der Waals surface area (Å²) < 4.78 is 0. The maximum Gasteiger partial charge on any atom is 0.0640 e. The quantitative estimate of drug-likeness (QED) is 0.575. The highest BCUT2D eigenvalue weighted by Gasteiger charge is 2.43. The summed E-state index contributed by atoms with van der Waals surface area (Å²) in [7, 11) is 0. The monoisotopic (exact) mass is 216 g/mol. The van der Waals surface area contributed by atoms with E-state index in [1.807, 2.05) is 0 Å². The summed E-state index contributed by atoms with van der Waals surface area (Å²) in [5.74, 6) is 0. The van der Waals surface area contributed by atoms with Crippen LogP contribution in [0.2, 0.25) is 0 Å². The fraction of sp³-hybridized carbons (Fsp3) is 0.0588. The average molecular weight is 216 g/mol. The maximum atomic E-state index is 2.32. The molecule has 80 valence electrons. The Morgan fingerprint density at radius 3 is 2.47 bits per heavy atom. The lowest BCUT2D eigenvalue weighted by atomic mass is 9.67. The predicted octanol–water partition coefficient (Wildman–Crippen LogP) is 3.96. The van der Waals surface area contributed by atoms with Gasteiger partial charge < -0.3 is 0 Å². The van der Waals surface area contributed by atoms with Crippen LogP contribution in [0.25, 0.3) is 0 Å². The van der Waals surface area contributed by atoms with Crippen molar-refractivity contribution in [1.82, 2.24) is 0 Å². The van der Waals surface area contributed by atoms with Gasteiger partial charge in [-0.05, 0) is 22.3 Å². The number of rotatable bonds is 0. The van der Waals surface area contributed by atoms with Crippen LogP contribution in [0, 0.1) is 5.41 Å². The molecule has 17 heavy (non-hydrogen) atoms. The van der Waals surface area contributed by atoms with Crippen LogP contribution in [0.5, 0.6) is 0 Å². The molecule has 1 atom stereocenters. The largest absolute Gasteiger partial charge is 0.0652 e. The van der Waals surface area contributed by atoms with Crippen LogP contribution in [-0.4, -0.2) is 0 Å². The van der Waals surface area contributed by atoms with Crippen LogP contribution in [0.15, 0.2) is 95.2 Å². The Morgan fingerprint density at radius 1 is 0.647 bits per heavy atom. The molecule has 1 unspecified atom stereocenters. The highest BCUT2D eigenvalue weighted by molar-refractivity contribution is 5.72. The van der Waals surface area contributed by atoms with E-state index in [0.29, 0.717) is 0 Å². The average Bonchev–Trinajstić information content (AvgIpc) is 2.89. The fourth-order valence-corrected chi connectivity index (χ4v) is 3.12. The molecule has 0 aromatic heterocycles. The molecule has 0 saturated heterocycles. The summed E-state index contributed by atoms with van der Waals surface area (Å²) in [6.07, 6.45) is 26.4. The minimum atomic E-state index is -0.0307. The van der Waals surface area contributed by atoms with Gasteiger partial charge in [-0.25, -0.2) is 0 Å². The van der Waals surface area contributed by atoms with Crippen molar-refractivity contribution < 1.29 is 0 Å². The van der Waals surface area contributed by atoms with Crippen molar-refractivity contribution in [1.29, 1.82) is 0 Å². The Morgan fingerprint density at radius 2 is 1.53 bits per heavy atom. The summed E-state index contributed by atoms with van der Waals surface area (Å²) in [5.41, 5.74) is 5.47. The van der Waals surface area contributed by atoms with Crippen molar-refractivity contribution in [3.05, 3.63) is 95.2 Å². The van der Waals surface area contributed by atoms with E-state index < -0.39 is 0 Å². The molecule has 0 radical (unpaired) electrons. The molecule has 0 aliphatic heterocycles. The Bertz CT molecular complexity index is 640. The van der Waals surface area contributed by atoms with Crippen LogP contribution in [-0.2, 0) is 0 Å². The first kappa shape index (κ1) is 9.00. The predicted molar refractivity (Wildman–Crippen MR) is 71.3 cm³/mol. The van der Waals surface area contributed by atoms with Gasteiger partial charge in [0, 0.05) is 0 Å². The summed E-state index contributed by atoms with van der Waals surface area (Å²) in [5, 5.41) is 0. The first-order valence-electron chi connectivity index (χ1n) is 5.98. The van der Waals surface area contributed by atoms with Gasteiger partial charge >= 0.3 is 0 Å². The summed E-state index contributed by atoms with van der Waals surface area (Å²) >= 11 is 0. The molecule has 1 spiro atoms. The normalized spacial score (nSPS) is 31.1. The van der Waals surface area contributed by atoms with E-state index in [9.17, 15) is 0 Å². The minimum absolute atomic E-state index is 0.0307. The lowest BCUT2D eigenvalue weighted by molar-refractivity contribution is 0.712. The van der Waals surface area contributed by atoms with E-state index in [1.165, 1.54) is 22.3 Å². The first-order chi connectivity index (χ1) is 8.41. The Kier molecular flexibility index (Phi) is 1.58. The van der Waals surface area contributed by atoms with Crippen LogP contribution < -0.4 is 0 Å². The smallest absolute Gasteiger partial charge is 0.0640 e. The molecular weight excluding hydrogens is 204 g/mol. The van der Waals surface area contributed by atoms with E-state index in [0.717, 1.165) is 0 Å². The van der Waals surface area contributed by atoms with E-state index in [4.69, 9.17) is 0 Å². The van der Waals surface area contributed by atoms with Gasteiger partial charge in [-0.1, -0.05) is 72.9 Å². The Labute approximate surface area is 101 Å². The summed E-state index contributed by atoms with van der Waals surface area (Å²) in [6.45, 7) is 0. The second-order valence-electron chi connectivity index (χ2n) is 4.69. The molecule has 0 N–H and O–H groups in total. The van der Waals surface area contributed by atoms with Gasteiger partial charge in [0.2, 0.25) is 0 Å². The maximum absolute atomic E-state index is 2.32. The highest BCUT2D eigenvalue weighted by atomic mass is 14.4. The molecule has 0 amide bonds. The van der Waals surface area contributed by atoms with Crippen molar-refractivity contribution >= 4 is 0 Å². The fourth-order valence-electron chi connectivity index (χ4n) is 3.12. The number of hydrogen-bond donors (Lipinski definition) is 0. The lowest BCUT2D eigenvalue weighted by Crippen LogP contribution is -2.24. The lowest BCUT2D eigenvalue weighted by Gasteiger charge is -2.34. The topological polar surface area (TPSA) is 0 Å². The van der Waals surface area contributed by atoms with Crippen LogP contribution in [0.4, 0.5) is 0 Å². The van der Waals surface area contributed by atoms with Crippen molar-refractivity contribution in [2.75, 3.05) is 0 Å².